The number of aryl methyl sites for hydroxylation is 1. The highest BCUT2D eigenvalue weighted by molar-refractivity contribution is 9.10. The number of alkyl halides is 3. The maximum atomic E-state index is 13.0. The van der Waals surface area contributed by atoms with E-state index >= 15 is 0 Å². The Hall–Kier alpha value is -2.62. The summed E-state index contributed by atoms with van der Waals surface area (Å²) in [5.41, 5.74) is 5.18. The first-order valence-electron chi connectivity index (χ1n) is 7.86. The predicted octanol–water partition coefficient (Wildman–Crippen LogP) is 4.16. The van der Waals surface area contributed by atoms with E-state index in [0.29, 0.717) is 32.7 Å². The topological polar surface area (TPSA) is 96.7 Å². The SMILES string of the molecule is Cc1nc(NC(C)c2cc(N)cc(C(F)(F)F)c2)c2cc(Br)c(=O)[nH]c2n1. The van der Waals surface area contributed by atoms with Gasteiger partial charge < -0.3 is 16.0 Å². The predicted molar refractivity (Wildman–Crippen MR) is 100 cm³/mol. The van der Waals surface area contributed by atoms with Crippen molar-refractivity contribution in [2.75, 3.05) is 11.1 Å². The molecule has 0 bridgehead atoms. The van der Waals surface area contributed by atoms with Crippen LogP contribution in [0.4, 0.5) is 24.7 Å². The lowest BCUT2D eigenvalue weighted by Crippen LogP contribution is -2.14. The number of nitrogens with one attached hydrogen (secondary N) is 2. The molecule has 142 valence electrons. The third-order valence-electron chi connectivity index (χ3n) is 3.94. The summed E-state index contributed by atoms with van der Waals surface area (Å²) in [6.45, 7) is 3.34. The summed E-state index contributed by atoms with van der Waals surface area (Å²) in [5.74, 6) is 0.789. The van der Waals surface area contributed by atoms with Crippen LogP contribution in [0.2, 0.25) is 0 Å². The molecule has 2 heterocycles. The Kier molecular flexibility index (Phi) is 4.85. The Balaban J connectivity index is 2.04. The van der Waals surface area contributed by atoms with Crippen molar-refractivity contribution < 1.29 is 13.2 Å². The maximum Gasteiger partial charge on any atom is 0.416 e. The number of rotatable bonds is 3. The van der Waals surface area contributed by atoms with Gasteiger partial charge in [-0.2, -0.15) is 13.2 Å². The van der Waals surface area contributed by atoms with Gasteiger partial charge in [-0.15, -0.1) is 0 Å². The standard InChI is InChI=1S/C17H15BrF3N5O/c1-7(9-3-10(17(19,20)21)5-11(22)4-9)23-14-12-6-13(18)16(27)26-15(12)25-8(2)24-14/h3-7H,22H2,1-2H3,(H2,23,24,25,26,27). The number of H-pyrrole nitrogens is 1. The molecule has 1 aromatic carbocycles. The quantitative estimate of drug-likeness (QED) is 0.530. The Morgan fingerprint density at radius 1 is 1.22 bits per heavy atom. The van der Waals surface area contributed by atoms with Crippen molar-refractivity contribution >= 4 is 38.5 Å². The Bertz CT molecular complexity index is 1080. The fraction of sp³-hybridized carbons (Fsp3) is 0.235. The number of pyridine rings is 1. The summed E-state index contributed by atoms with van der Waals surface area (Å²) in [4.78, 5) is 22.9. The number of fused-ring (bicyclic) bond motifs is 1. The molecular weight excluding hydrogens is 427 g/mol. The average Bonchev–Trinajstić information content (AvgIpc) is 2.55. The van der Waals surface area contributed by atoms with Crippen LogP contribution in [0, 0.1) is 6.92 Å². The molecule has 3 aromatic rings. The van der Waals surface area contributed by atoms with Gasteiger partial charge in [0.2, 0.25) is 0 Å². The molecule has 4 N–H and O–H groups in total. The van der Waals surface area contributed by atoms with Crippen LogP contribution >= 0.6 is 15.9 Å². The monoisotopic (exact) mass is 441 g/mol. The van der Waals surface area contributed by atoms with Gasteiger partial charge in [0, 0.05) is 5.69 Å². The van der Waals surface area contributed by atoms with Crippen LogP contribution in [0.25, 0.3) is 11.0 Å². The Morgan fingerprint density at radius 2 is 1.93 bits per heavy atom. The minimum absolute atomic E-state index is 0.0178. The number of hydrogen-bond acceptors (Lipinski definition) is 5. The number of nitrogens with two attached hydrogens (primary N) is 1. The first kappa shape index (κ1) is 19.2. The van der Waals surface area contributed by atoms with Crippen LogP contribution in [0.15, 0.2) is 33.5 Å². The molecule has 0 radical (unpaired) electrons. The van der Waals surface area contributed by atoms with E-state index in [4.69, 9.17) is 5.73 Å². The van der Waals surface area contributed by atoms with E-state index < -0.39 is 17.8 Å². The van der Waals surface area contributed by atoms with Crippen molar-refractivity contribution in [3.05, 3.63) is 56.0 Å². The first-order valence-corrected chi connectivity index (χ1v) is 8.65. The molecule has 10 heteroatoms. The molecule has 3 rings (SSSR count). The van der Waals surface area contributed by atoms with Gasteiger partial charge in [0.05, 0.1) is 21.5 Å². The number of nitrogen functional groups attached to an aromatic ring is 1. The first-order chi connectivity index (χ1) is 12.5. The second-order valence-corrected chi connectivity index (χ2v) is 6.93. The average molecular weight is 442 g/mol. The number of aromatic nitrogens is 3. The summed E-state index contributed by atoms with van der Waals surface area (Å²) < 4.78 is 39.4. The van der Waals surface area contributed by atoms with Crippen molar-refractivity contribution in [3.8, 4) is 0 Å². The summed E-state index contributed by atoms with van der Waals surface area (Å²) in [7, 11) is 0. The third-order valence-corrected chi connectivity index (χ3v) is 4.52. The molecule has 2 aromatic heterocycles. The highest BCUT2D eigenvalue weighted by atomic mass is 79.9. The van der Waals surface area contributed by atoms with E-state index in [0.717, 1.165) is 12.1 Å². The van der Waals surface area contributed by atoms with Crippen LogP contribution < -0.4 is 16.6 Å². The molecule has 0 aliphatic carbocycles. The van der Waals surface area contributed by atoms with Gasteiger partial charge in [0.1, 0.15) is 17.3 Å². The highest BCUT2D eigenvalue weighted by Crippen LogP contribution is 2.33. The van der Waals surface area contributed by atoms with Crippen LogP contribution in [-0.4, -0.2) is 15.0 Å². The Morgan fingerprint density at radius 3 is 2.59 bits per heavy atom. The Labute approximate surface area is 160 Å². The molecule has 0 spiro atoms. The normalized spacial score (nSPS) is 13.0. The summed E-state index contributed by atoms with van der Waals surface area (Å²) >= 11 is 3.15. The van der Waals surface area contributed by atoms with Crippen molar-refractivity contribution in [2.24, 2.45) is 0 Å². The third kappa shape index (κ3) is 4.05. The minimum Gasteiger partial charge on any atom is -0.399 e. The van der Waals surface area contributed by atoms with E-state index in [1.807, 2.05) is 0 Å². The molecule has 0 amide bonds. The number of anilines is 2. The van der Waals surface area contributed by atoms with Crippen molar-refractivity contribution in [1.82, 2.24) is 15.0 Å². The lowest BCUT2D eigenvalue weighted by Gasteiger charge is -2.19. The molecule has 1 atom stereocenters. The van der Waals surface area contributed by atoms with Gasteiger partial charge in [0.15, 0.2) is 0 Å². The van der Waals surface area contributed by atoms with Gasteiger partial charge >= 0.3 is 6.18 Å². The lowest BCUT2D eigenvalue weighted by molar-refractivity contribution is -0.137. The number of halogens is 4. The molecule has 0 aliphatic heterocycles. The lowest BCUT2D eigenvalue weighted by atomic mass is 10.0. The highest BCUT2D eigenvalue weighted by Gasteiger charge is 2.31. The molecule has 27 heavy (non-hydrogen) atoms. The number of nitrogens with zero attached hydrogens (tertiary/aromatic N) is 2. The van der Waals surface area contributed by atoms with Crippen LogP contribution in [0.5, 0.6) is 0 Å². The smallest absolute Gasteiger partial charge is 0.399 e. The van der Waals surface area contributed by atoms with Gasteiger partial charge in [-0.25, -0.2) is 9.97 Å². The largest absolute Gasteiger partial charge is 0.416 e. The zero-order valence-electron chi connectivity index (χ0n) is 14.3. The fourth-order valence-corrected chi connectivity index (χ4v) is 2.99. The van der Waals surface area contributed by atoms with Crippen molar-refractivity contribution in [3.63, 3.8) is 0 Å². The molecule has 0 aliphatic rings. The van der Waals surface area contributed by atoms with Crippen molar-refractivity contribution in [2.45, 2.75) is 26.1 Å². The fourth-order valence-electron chi connectivity index (χ4n) is 2.66. The molecule has 6 nitrogen and oxygen atoms in total. The van der Waals surface area contributed by atoms with E-state index in [-0.39, 0.29) is 11.2 Å². The van der Waals surface area contributed by atoms with E-state index in [1.54, 1.807) is 19.9 Å². The number of hydrogen-bond donors (Lipinski definition) is 3. The molecule has 0 saturated carbocycles. The molecule has 0 fully saturated rings. The second-order valence-electron chi connectivity index (χ2n) is 6.08. The van der Waals surface area contributed by atoms with E-state index in [1.165, 1.54) is 6.07 Å². The maximum absolute atomic E-state index is 13.0. The molecule has 0 saturated heterocycles. The number of aromatic amines is 1. The van der Waals surface area contributed by atoms with Crippen LogP contribution in [0.1, 0.15) is 29.9 Å². The van der Waals surface area contributed by atoms with Gasteiger partial charge in [0.25, 0.3) is 5.56 Å². The van der Waals surface area contributed by atoms with E-state index in [9.17, 15) is 18.0 Å². The van der Waals surface area contributed by atoms with Crippen LogP contribution in [-0.2, 0) is 6.18 Å². The second kappa shape index (κ2) is 6.84. The number of benzene rings is 1. The summed E-state index contributed by atoms with van der Waals surface area (Å²) in [5, 5.41) is 3.60. The molecular formula is C17H15BrF3N5O. The zero-order chi connectivity index (χ0) is 19.9. The summed E-state index contributed by atoms with van der Waals surface area (Å²) in [6, 6.07) is 4.44. The molecule has 1 unspecified atom stereocenters. The minimum atomic E-state index is -4.49. The zero-order valence-corrected chi connectivity index (χ0v) is 15.9. The van der Waals surface area contributed by atoms with E-state index in [2.05, 4.69) is 36.2 Å². The van der Waals surface area contributed by atoms with Crippen LogP contribution in [0.3, 0.4) is 0 Å². The summed E-state index contributed by atoms with van der Waals surface area (Å²) in [6.07, 6.45) is -4.49. The van der Waals surface area contributed by atoms with Gasteiger partial charge in [-0.05, 0) is 59.6 Å². The van der Waals surface area contributed by atoms with Gasteiger partial charge in [-0.1, -0.05) is 0 Å². The van der Waals surface area contributed by atoms with Crippen molar-refractivity contribution in [1.29, 1.82) is 0 Å². The van der Waals surface area contributed by atoms with Gasteiger partial charge in [-0.3, -0.25) is 4.79 Å².